The van der Waals surface area contributed by atoms with E-state index < -0.39 is 17.9 Å². The van der Waals surface area contributed by atoms with Crippen molar-refractivity contribution < 1.29 is 19.2 Å². The summed E-state index contributed by atoms with van der Waals surface area (Å²) >= 11 is 0. The van der Waals surface area contributed by atoms with Crippen molar-refractivity contribution >= 4 is 23.4 Å². The van der Waals surface area contributed by atoms with E-state index in [-0.39, 0.29) is 24.4 Å². The van der Waals surface area contributed by atoms with Crippen molar-refractivity contribution in [2.45, 2.75) is 52.5 Å². The van der Waals surface area contributed by atoms with E-state index >= 15 is 0 Å². The number of hydrogen-bond donors (Lipinski definition) is 0. The Labute approximate surface area is 135 Å². The first-order chi connectivity index (χ1) is 10.9. The van der Waals surface area contributed by atoms with Crippen LogP contribution >= 0.6 is 0 Å². The molecule has 1 aliphatic heterocycles. The van der Waals surface area contributed by atoms with Crippen molar-refractivity contribution in [1.82, 2.24) is 4.90 Å². The maximum absolute atomic E-state index is 12.5. The van der Waals surface area contributed by atoms with Crippen LogP contribution in [0.2, 0.25) is 0 Å². The summed E-state index contributed by atoms with van der Waals surface area (Å²) in [6.07, 6.45) is 1.59. The molecule has 0 aromatic heterocycles. The minimum absolute atomic E-state index is 0.0474. The van der Waals surface area contributed by atoms with Crippen LogP contribution in [0.1, 0.15) is 65.8 Å². The summed E-state index contributed by atoms with van der Waals surface area (Å²) in [5.74, 6) is -1.13. The molecule has 2 rings (SSSR count). The number of carbonyl (C=O) groups is 4. The molecule has 0 spiro atoms. The maximum Gasteiger partial charge on any atom is 0.262 e. The van der Waals surface area contributed by atoms with Gasteiger partial charge in [-0.2, -0.15) is 0 Å². The number of fused-ring (bicyclic) bond motifs is 1. The van der Waals surface area contributed by atoms with Crippen molar-refractivity contribution in [3.05, 3.63) is 34.9 Å². The van der Waals surface area contributed by atoms with E-state index in [2.05, 4.69) is 0 Å². The number of nitrogens with zero attached hydrogens (tertiary/aromatic N) is 1. The van der Waals surface area contributed by atoms with Gasteiger partial charge in [-0.15, -0.1) is 0 Å². The third-order valence-electron chi connectivity index (χ3n) is 4.08. The summed E-state index contributed by atoms with van der Waals surface area (Å²) in [7, 11) is 0. The Kier molecular flexibility index (Phi) is 5.08. The highest BCUT2D eigenvalue weighted by atomic mass is 16.2. The summed E-state index contributed by atoms with van der Waals surface area (Å²) in [6, 6.07) is 4.17. The zero-order chi connectivity index (χ0) is 17.1. The first-order valence-corrected chi connectivity index (χ1v) is 7.87. The highest BCUT2D eigenvalue weighted by Gasteiger charge is 2.41. The second-order valence-corrected chi connectivity index (χ2v) is 5.98. The summed E-state index contributed by atoms with van der Waals surface area (Å²) in [6.45, 7) is 5.10. The quantitative estimate of drug-likeness (QED) is 0.725. The predicted octanol–water partition coefficient (Wildman–Crippen LogP) is 2.70. The van der Waals surface area contributed by atoms with Crippen LogP contribution in [0.3, 0.4) is 0 Å². The number of benzene rings is 1. The number of imide groups is 1. The molecule has 1 heterocycles. The number of Topliss-reactive ketones (excluding diaryl/α,β-unsaturated/α-hetero) is 2. The van der Waals surface area contributed by atoms with Crippen LogP contribution in [0, 0.1) is 6.92 Å². The molecule has 1 aromatic carbocycles. The fourth-order valence-electron chi connectivity index (χ4n) is 2.87. The SMILES string of the molecule is CCCC(=O)CCC(C(C)=O)N1C(=O)c2ccc(C)cc2C1=O. The molecule has 2 amide bonds. The molecule has 0 radical (unpaired) electrons. The van der Waals surface area contributed by atoms with Gasteiger partial charge in [0.1, 0.15) is 5.78 Å². The molecular weight excluding hydrogens is 294 g/mol. The van der Waals surface area contributed by atoms with Crippen molar-refractivity contribution in [3.63, 3.8) is 0 Å². The van der Waals surface area contributed by atoms with Gasteiger partial charge in [0.15, 0.2) is 5.78 Å². The lowest BCUT2D eigenvalue weighted by molar-refractivity contribution is -0.122. The highest BCUT2D eigenvalue weighted by Crippen LogP contribution is 2.27. The Morgan fingerprint density at radius 2 is 1.74 bits per heavy atom. The van der Waals surface area contributed by atoms with E-state index in [1.807, 2.05) is 13.8 Å². The summed E-state index contributed by atoms with van der Waals surface area (Å²) < 4.78 is 0. The fraction of sp³-hybridized carbons (Fsp3) is 0.444. The van der Waals surface area contributed by atoms with Gasteiger partial charge in [-0.05, 0) is 38.8 Å². The molecule has 0 saturated carbocycles. The lowest BCUT2D eigenvalue weighted by atomic mass is 10.0. The molecule has 122 valence electrons. The van der Waals surface area contributed by atoms with E-state index in [1.54, 1.807) is 18.2 Å². The third kappa shape index (κ3) is 3.38. The summed E-state index contributed by atoms with van der Waals surface area (Å²) in [5, 5.41) is 0. The molecule has 5 heteroatoms. The van der Waals surface area contributed by atoms with Crippen LogP contribution in [0.25, 0.3) is 0 Å². The average molecular weight is 315 g/mol. The second kappa shape index (κ2) is 6.86. The first kappa shape index (κ1) is 17.1. The van der Waals surface area contributed by atoms with Gasteiger partial charge in [0, 0.05) is 12.8 Å². The molecule has 0 aliphatic carbocycles. The van der Waals surface area contributed by atoms with Crippen molar-refractivity contribution in [3.8, 4) is 0 Å². The van der Waals surface area contributed by atoms with Crippen LogP contribution < -0.4 is 0 Å². The number of rotatable bonds is 7. The van der Waals surface area contributed by atoms with Crippen molar-refractivity contribution in [2.24, 2.45) is 0 Å². The summed E-state index contributed by atoms with van der Waals surface area (Å²) in [5.41, 5.74) is 1.54. The van der Waals surface area contributed by atoms with Gasteiger partial charge in [-0.25, -0.2) is 0 Å². The number of amides is 2. The second-order valence-electron chi connectivity index (χ2n) is 5.98. The standard InChI is InChI=1S/C18H21NO4/c1-4-5-13(21)7-9-16(12(3)20)19-17(22)14-8-6-11(2)10-15(14)18(19)23/h6,8,10,16H,4-5,7,9H2,1-3H3. The van der Waals surface area contributed by atoms with Crippen LogP contribution in [-0.4, -0.2) is 34.3 Å². The van der Waals surface area contributed by atoms with Gasteiger partial charge in [-0.1, -0.05) is 18.6 Å². The molecule has 1 aromatic rings. The Morgan fingerprint density at radius 1 is 1.09 bits per heavy atom. The lowest BCUT2D eigenvalue weighted by Crippen LogP contribution is -2.44. The normalized spacial score (nSPS) is 14.8. The Hall–Kier alpha value is -2.30. The molecular formula is C18H21NO4. The Bertz CT molecular complexity index is 678. The van der Waals surface area contributed by atoms with Gasteiger partial charge in [0.2, 0.25) is 0 Å². The monoisotopic (exact) mass is 315 g/mol. The topological polar surface area (TPSA) is 71.5 Å². The molecule has 0 N–H and O–H groups in total. The van der Waals surface area contributed by atoms with Crippen molar-refractivity contribution in [1.29, 1.82) is 0 Å². The maximum atomic E-state index is 12.5. The number of aryl methyl sites for hydroxylation is 1. The smallest absolute Gasteiger partial charge is 0.262 e. The largest absolute Gasteiger partial charge is 0.300 e. The van der Waals surface area contributed by atoms with Crippen LogP contribution in [0.4, 0.5) is 0 Å². The van der Waals surface area contributed by atoms with Gasteiger partial charge in [0.05, 0.1) is 17.2 Å². The Morgan fingerprint density at radius 3 is 2.35 bits per heavy atom. The highest BCUT2D eigenvalue weighted by molar-refractivity contribution is 6.23. The number of ketones is 2. The van der Waals surface area contributed by atoms with E-state index in [0.29, 0.717) is 17.5 Å². The minimum Gasteiger partial charge on any atom is -0.300 e. The molecule has 1 atom stereocenters. The minimum atomic E-state index is -0.872. The van der Waals surface area contributed by atoms with Crippen LogP contribution in [0.5, 0.6) is 0 Å². The molecule has 1 unspecified atom stereocenters. The number of hydrogen-bond acceptors (Lipinski definition) is 4. The van der Waals surface area contributed by atoms with Crippen LogP contribution in [-0.2, 0) is 9.59 Å². The van der Waals surface area contributed by atoms with Gasteiger partial charge >= 0.3 is 0 Å². The molecule has 23 heavy (non-hydrogen) atoms. The van der Waals surface area contributed by atoms with Crippen molar-refractivity contribution in [2.75, 3.05) is 0 Å². The predicted molar refractivity (Wildman–Crippen MR) is 85.3 cm³/mol. The average Bonchev–Trinajstić information content (AvgIpc) is 2.72. The first-order valence-electron chi connectivity index (χ1n) is 7.87. The van der Waals surface area contributed by atoms with Crippen LogP contribution in [0.15, 0.2) is 18.2 Å². The van der Waals surface area contributed by atoms with E-state index in [0.717, 1.165) is 16.9 Å². The molecule has 0 fully saturated rings. The molecule has 0 saturated heterocycles. The number of carbonyl (C=O) groups excluding carboxylic acids is 4. The van der Waals surface area contributed by atoms with Gasteiger partial charge in [-0.3, -0.25) is 24.1 Å². The van der Waals surface area contributed by atoms with E-state index in [1.165, 1.54) is 6.92 Å². The lowest BCUT2D eigenvalue weighted by Gasteiger charge is -2.23. The van der Waals surface area contributed by atoms with E-state index in [9.17, 15) is 19.2 Å². The zero-order valence-electron chi connectivity index (χ0n) is 13.7. The van der Waals surface area contributed by atoms with E-state index in [4.69, 9.17) is 0 Å². The Balaban J connectivity index is 2.24. The third-order valence-corrected chi connectivity index (χ3v) is 4.08. The van der Waals surface area contributed by atoms with Gasteiger partial charge in [0.25, 0.3) is 11.8 Å². The van der Waals surface area contributed by atoms with Gasteiger partial charge < -0.3 is 0 Å². The zero-order valence-corrected chi connectivity index (χ0v) is 13.7. The summed E-state index contributed by atoms with van der Waals surface area (Å²) in [4.78, 5) is 49.7. The fourth-order valence-corrected chi connectivity index (χ4v) is 2.87. The molecule has 5 nitrogen and oxygen atoms in total. The molecule has 1 aliphatic rings. The molecule has 0 bridgehead atoms.